The number of hydrogen-bond acceptors (Lipinski definition) is 2. The van der Waals surface area contributed by atoms with Gasteiger partial charge in [0.1, 0.15) is 31.3 Å². The Labute approximate surface area is 117 Å². The van der Waals surface area contributed by atoms with Gasteiger partial charge in [-0.3, -0.25) is 0 Å². The Morgan fingerprint density at radius 2 is 1.40 bits per heavy atom. The second kappa shape index (κ2) is 8.02. The van der Waals surface area contributed by atoms with Crippen LogP contribution in [0.15, 0.2) is 12.1 Å². The molecule has 0 radical (unpaired) electrons. The smallest absolute Gasteiger partial charge is 0.171 e. The van der Waals surface area contributed by atoms with Crippen molar-refractivity contribution in [3.05, 3.63) is 23.5 Å². The summed E-state index contributed by atoms with van der Waals surface area (Å²) in [6.45, 7) is 4.62. The highest BCUT2D eigenvalue weighted by Gasteiger charge is 2.14. The van der Waals surface area contributed by atoms with Gasteiger partial charge in [-0.25, -0.2) is 13.2 Å². The summed E-state index contributed by atoms with van der Waals surface area (Å²) in [6, 6.07) is 2.88. The first kappa shape index (κ1) is 16.7. The van der Waals surface area contributed by atoms with Crippen LogP contribution in [0.4, 0.5) is 13.2 Å². The third kappa shape index (κ3) is 4.62. The Morgan fingerprint density at radius 1 is 0.950 bits per heavy atom. The summed E-state index contributed by atoms with van der Waals surface area (Å²) in [5.41, 5.74) is 0.234. The topological polar surface area (TPSA) is 18.5 Å². The second-order valence-electron chi connectivity index (χ2n) is 4.63. The summed E-state index contributed by atoms with van der Waals surface area (Å²) in [6.07, 6.45) is -1.54. The highest BCUT2D eigenvalue weighted by Crippen LogP contribution is 2.28. The molecule has 5 heteroatoms. The van der Waals surface area contributed by atoms with Crippen molar-refractivity contribution >= 4 is 0 Å². The normalized spacial score (nSPS) is 13.9. The molecule has 0 bridgehead atoms. The third-order valence-electron chi connectivity index (χ3n) is 3.03. The van der Waals surface area contributed by atoms with Gasteiger partial charge in [-0.2, -0.15) is 0 Å². The minimum absolute atomic E-state index is 0.0155. The maximum absolute atomic E-state index is 14.0. The molecule has 0 aliphatic carbocycles. The Balaban J connectivity index is 2.71. The van der Waals surface area contributed by atoms with Crippen molar-refractivity contribution in [2.75, 3.05) is 13.2 Å². The molecule has 0 amide bonds. The van der Waals surface area contributed by atoms with Gasteiger partial charge >= 0.3 is 0 Å². The van der Waals surface area contributed by atoms with Crippen molar-refractivity contribution in [2.24, 2.45) is 0 Å². The molecule has 2 nitrogen and oxygen atoms in total. The fraction of sp³-hybridized carbons (Fsp3) is 0.600. The van der Waals surface area contributed by atoms with Crippen LogP contribution in [-0.2, 0) is 0 Å². The molecular formula is C15H21F3O2. The zero-order chi connectivity index (χ0) is 15.1. The van der Waals surface area contributed by atoms with Crippen LogP contribution in [0.1, 0.15) is 32.3 Å². The van der Waals surface area contributed by atoms with Gasteiger partial charge in [-0.1, -0.05) is 13.8 Å². The molecule has 0 aliphatic rings. The molecule has 1 rings (SSSR count). The summed E-state index contributed by atoms with van der Waals surface area (Å²) < 4.78 is 50.5. The van der Waals surface area contributed by atoms with E-state index < -0.39 is 18.2 Å². The molecule has 2 unspecified atom stereocenters. The lowest BCUT2D eigenvalue weighted by Crippen LogP contribution is -2.14. The maximum atomic E-state index is 14.0. The molecule has 0 saturated carbocycles. The van der Waals surface area contributed by atoms with E-state index in [-0.39, 0.29) is 30.3 Å². The molecule has 114 valence electrons. The van der Waals surface area contributed by atoms with Crippen LogP contribution in [0.5, 0.6) is 11.5 Å². The average molecular weight is 290 g/mol. The van der Waals surface area contributed by atoms with Crippen LogP contribution in [0.3, 0.4) is 0 Å². The molecule has 0 N–H and O–H groups in total. The second-order valence-corrected chi connectivity index (χ2v) is 4.63. The van der Waals surface area contributed by atoms with Crippen molar-refractivity contribution < 1.29 is 22.6 Å². The van der Waals surface area contributed by atoms with E-state index in [0.29, 0.717) is 12.8 Å². The number of benzene rings is 1. The Bertz CT molecular complexity index is 385. The van der Waals surface area contributed by atoms with E-state index in [0.717, 1.165) is 0 Å². The van der Waals surface area contributed by atoms with Crippen LogP contribution < -0.4 is 9.47 Å². The first-order chi connectivity index (χ1) is 9.49. The van der Waals surface area contributed by atoms with Gasteiger partial charge in [0, 0.05) is 5.56 Å². The first-order valence-corrected chi connectivity index (χ1v) is 6.82. The standard InChI is InChI=1S/C15H21F3O2/c1-4-11(16)8-19-13-6-7-14(15(18)10(13)3)20-9-12(17)5-2/h6-7,11-12H,4-5,8-9H2,1-3H3. The molecular weight excluding hydrogens is 269 g/mol. The summed E-state index contributed by atoms with van der Waals surface area (Å²) in [7, 11) is 0. The Hall–Kier alpha value is -1.39. The van der Waals surface area contributed by atoms with Gasteiger partial charge < -0.3 is 9.47 Å². The van der Waals surface area contributed by atoms with Gasteiger partial charge in [-0.05, 0) is 31.9 Å². The fourth-order valence-electron chi connectivity index (χ4n) is 1.51. The molecule has 0 aliphatic heterocycles. The molecule has 2 atom stereocenters. The number of ether oxygens (including phenoxy) is 2. The summed E-state index contributed by atoms with van der Waals surface area (Å²) in [5, 5.41) is 0. The Morgan fingerprint density at radius 3 is 1.90 bits per heavy atom. The molecule has 20 heavy (non-hydrogen) atoms. The van der Waals surface area contributed by atoms with E-state index >= 15 is 0 Å². The predicted octanol–water partition coefficient (Wildman–Crippen LogP) is 4.39. The van der Waals surface area contributed by atoms with Crippen LogP contribution in [-0.4, -0.2) is 25.6 Å². The SMILES string of the molecule is CCC(F)COc1ccc(OCC(F)CC)c(F)c1C. The van der Waals surface area contributed by atoms with Gasteiger partial charge in [-0.15, -0.1) is 0 Å². The summed E-state index contributed by atoms with van der Waals surface area (Å²) >= 11 is 0. The van der Waals surface area contributed by atoms with E-state index in [9.17, 15) is 13.2 Å². The van der Waals surface area contributed by atoms with Crippen molar-refractivity contribution in [1.82, 2.24) is 0 Å². The number of hydrogen-bond donors (Lipinski definition) is 0. The zero-order valence-corrected chi connectivity index (χ0v) is 12.1. The minimum Gasteiger partial charge on any atom is -0.490 e. The largest absolute Gasteiger partial charge is 0.490 e. The van der Waals surface area contributed by atoms with Gasteiger partial charge in [0.15, 0.2) is 11.6 Å². The lowest BCUT2D eigenvalue weighted by atomic mass is 10.2. The molecule has 0 fully saturated rings. The van der Waals surface area contributed by atoms with E-state index in [1.807, 2.05) is 0 Å². The fourth-order valence-corrected chi connectivity index (χ4v) is 1.51. The van der Waals surface area contributed by atoms with Crippen molar-refractivity contribution in [2.45, 2.75) is 46.0 Å². The van der Waals surface area contributed by atoms with Crippen LogP contribution in [0.25, 0.3) is 0 Å². The minimum atomic E-state index is -1.12. The maximum Gasteiger partial charge on any atom is 0.171 e. The predicted molar refractivity (Wildman–Crippen MR) is 72.5 cm³/mol. The number of alkyl halides is 2. The monoisotopic (exact) mass is 290 g/mol. The van der Waals surface area contributed by atoms with Crippen LogP contribution in [0.2, 0.25) is 0 Å². The lowest BCUT2D eigenvalue weighted by Gasteiger charge is -2.14. The van der Waals surface area contributed by atoms with E-state index in [4.69, 9.17) is 9.47 Å². The van der Waals surface area contributed by atoms with Crippen LogP contribution >= 0.6 is 0 Å². The highest BCUT2D eigenvalue weighted by molar-refractivity contribution is 5.41. The number of rotatable bonds is 8. The van der Waals surface area contributed by atoms with E-state index in [1.165, 1.54) is 19.1 Å². The van der Waals surface area contributed by atoms with Gasteiger partial charge in [0.25, 0.3) is 0 Å². The van der Waals surface area contributed by atoms with Crippen LogP contribution in [0, 0.1) is 12.7 Å². The van der Waals surface area contributed by atoms with Crippen molar-refractivity contribution in [3.8, 4) is 11.5 Å². The third-order valence-corrected chi connectivity index (χ3v) is 3.03. The molecule has 0 heterocycles. The molecule has 0 spiro atoms. The quantitative estimate of drug-likeness (QED) is 0.707. The Kier molecular flexibility index (Phi) is 6.68. The zero-order valence-electron chi connectivity index (χ0n) is 12.1. The van der Waals surface area contributed by atoms with E-state index in [2.05, 4.69) is 0 Å². The highest BCUT2D eigenvalue weighted by atomic mass is 19.1. The van der Waals surface area contributed by atoms with Crippen molar-refractivity contribution in [3.63, 3.8) is 0 Å². The summed E-state index contributed by atoms with van der Waals surface area (Å²) in [5.74, 6) is -0.339. The van der Waals surface area contributed by atoms with E-state index in [1.54, 1.807) is 13.8 Å². The van der Waals surface area contributed by atoms with Crippen molar-refractivity contribution in [1.29, 1.82) is 0 Å². The molecule has 1 aromatic rings. The number of halogens is 3. The van der Waals surface area contributed by atoms with Gasteiger partial charge in [0.05, 0.1) is 0 Å². The lowest BCUT2D eigenvalue weighted by molar-refractivity contribution is 0.182. The van der Waals surface area contributed by atoms with Gasteiger partial charge in [0.2, 0.25) is 0 Å². The molecule has 0 saturated heterocycles. The average Bonchev–Trinajstić information content (AvgIpc) is 2.46. The summed E-state index contributed by atoms with van der Waals surface area (Å²) in [4.78, 5) is 0. The molecule has 0 aromatic heterocycles. The first-order valence-electron chi connectivity index (χ1n) is 6.82. The molecule has 1 aromatic carbocycles.